The van der Waals surface area contributed by atoms with Crippen LogP contribution in [0.15, 0.2) is 0 Å². The first-order chi connectivity index (χ1) is 9.26. The van der Waals surface area contributed by atoms with Crippen LogP contribution in [0.2, 0.25) is 0 Å². The van der Waals surface area contributed by atoms with E-state index in [4.69, 9.17) is 4.74 Å². The summed E-state index contributed by atoms with van der Waals surface area (Å²) in [5.74, 6) is 0.426. The van der Waals surface area contributed by atoms with E-state index >= 15 is 0 Å². The molecule has 20 heavy (non-hydrogen) atoms. The molecular weight excluding hydrogens is 254 g/mol. The molecule has 0 aromatic heterocycles. The fourth-order valence-electron chi connectivity index (χ4n) is 3.02. The third-order valence-corrected chi connectivity index (χ3v) is 3.80. The molecule has 1 fully saturated rings. The quantitative estimate of drug-likeness (QED) is 0.721. The van der Waals surface area contributed by atoms with Gasteiger partial charge in [0.05, 0.1) is 0 Å². The zero-order valence-corrected chi connectivity index (χ0v) is 13.5. The first kappa shape index (κ1) is 17.0. The van der Waals surface area contributed by atoms with Gasteiger partial charge in [0.1, 0.15) is 11.9 Å². The van der Waals surface area contributed by atoms with Gasteiger partial charge in [-0.2, -0.15) is 0 Å². The van der Waals surface area contributed by atoms with E-state index in [0.29, 0.717) is 12.3 Å². The van der Waals surface area contributed by atoms with Crippen LogP contribution in [0.25, 0.3) is 0 Å². The van der Waals surface area contributed by atoms with Gasteiger partial charge in [0.2, 0.25) is 0 Å². The number of carbonyl (C=O) groups is 2. The molecular formula is C16H29NO3. The normalized spacial score (nSPS) is 18.1. The largest absolute Gasteiger partial charge is 0.444 e. The van der Waals surface area contributed by atoms with E-state index in [-0.39, 0.29) is 18.2 Å². The Labute approximate surface area is 122 Å². The van der Waals surface area contributed by atoms with E-state index in [9.17, 15) is 9.59 Å². The summed E-state index contributed by atoms with van der Waals surface area (Å²) in [6.07, 6.45) is 5.63. The van der Waals surface area contributed by atoms with Crippen LogP contribution in [0.1, 0.15) is 66.7 Å². The Hall–Kier alpha value is -1.06. The highest BCUT2D eigenvalue weighted by atomic mass is 16.6. The topological polar surface area (TPSA) is 46.6 Å². The van der Waals surface area contributed by atoms with E-state index in [2.05, 4.69) is 0 Å². The van der Waals surface area contributed by atoms with Gasteiger partial charge in [0, 0.05) is 18.5 Å². The number of rotatable bonds is 5. The van der Waals surface area contributed by atoms with Crippen LogP contribution in [0.3, 0.4) is 0 Å². The van der Waals surface area contributed by atoms with Gasteiger partial charge in [-0.05, 0) is 53.4 Å². The number of hydrogen-bond acceptors (Lipinski definition) is 3. The van der Waals surface area contributed by atoms with Crippen molar-refractivity contribution in [1.82, 2.24) is 4.90 Å². The van der Waals surface area contributed by atoms with Crippen molar-refractivity contribution in [1.29, 1.82) is 0 Å². The summed E-state index contributed by atoms with van der Waals surface area (Å²) >= 11 is 0. The van der Waals surface area contributed by atoms with E-state index in [1.807, 2.05) is 34.6 Å². The molecule has 0 aliphatic heterocycles. The van der Waals surface area contributed by atoms with Crippen LogP contribution in [0.5, 0.6) is 0 Å². The first-order valence-corrected chi connectivity index (χ1v) is 7.71. The lowest BCUT2D eigenvalue weighted by molar-refractivity contribution is -0.109. The summed E-state index contributed by atoms with van der Waals surface area (Å²) in [6, 6.07) is 0.0141. The van der Waals surface area contributed by atoms with E-state index in [1.165, 1.54) is 12.8 Å². The SMILES string of the molecule is CC(C)N(C(=O)OC(C)(C)C)C(CC=O)C1CCCC1. The van der Waals surface area contributed by atoms with Gasteiger partial charge in [0.25, 0.3) is 0 Å². The van der Waals surface area contributed by atoms with Crippen molar-refractivity contribution in [3.63, 3.8) is 0 Å². The zero-order chi connectivity index (χ0) is 15.3. The second-order valence-electron chi connectivity index (χ2n) is 7.00. The van der Waals surface area contributed by atoms with Crippen LogP contribution in [0, 0.1) is 5.92 Å². The number of ether oxygens (including phenoxy) is 1. The maximum Gasteiger partial charge on any atom is 0.410 e. The molecule has 0 N–H and O–H groups in total. The lowest BCUT2D eigenvalue weighted by Crippen LogP contribution is -2.50. The third-order valence-electron chi connectivity index (χ3n) is 3.80. The van der Waals surface area contributed by atoms with Crippen molar-refractivity contribution in [2.45, 2.75) is 84.4 Å². The van der Waals surface area contributed by atoms with Crippen LogP contribution in [-0.4, -0.2) is 35.0 Å². The minimum absolute atomic E-state index is 0.0233. The molecule has 1 amide bonds. The first-order valence-electron chi connectivity index (χ1n) is 7.71. The Morgan fingerprint density at radius 2 is 1.85 bits per heavy atom. The molecule has 0 bridgehead atoms. The van der Waals surface area contributed by atoms with Crippen molar-refractivity contribution in [3.05, 3.63) is 0 Å². The lowest BCUT2D eigenvalue weighted by atomic mass is 9.93. The molecule has 0 aromatic rings. The average molecular weight is 283 g/mol. The minimum atomic E-state index is -0.508. The van der Waals surface area contributed by atoms with Crippen molar-refractivity contribution < 1.29 is 14.3 Å². The molecule has 1 aliphatic carbocycles. The minimum Gasteiger partial charge on any atom is -0.444 e. The maximum atomic E-state index is 12.5. The van der Waals surface area contributed by atoms with Crippen molar-refractivity contribution >= 4 is 12.4 Å². The standard InChI is InChI=1S/C16H29NO3/c1-12(2)17(15(19)20-16(3,4)5)14(10-11-18)13-8-6-7-9-13/h11-14H,6-10H2,1-5H3. The summed E-state index contributed by atoms with van der Waals surface area (Å²) in [5.41, 5.74) is -0.508. The Balaban J connectivity index is 2.89. The highest BCUT2D eigenvalue weighted by Gasteiger charge is 2.36. The fraction of sp³-hybridized carbons (Fsp3) is 0.875. The van der Waals surface area contributed by atoms with Gasteiger partial charge in [-0.1, -0.05) is 12.8 Å². The summed E-state index contributed by atoms with van der Waals surface area (Å²) in [6.45, 7) is 9.57. The Kier molecular flexibility index (Phi) is 6.03. The van der Waals surface area contributed by atoms with Crippen molar-refractivity contribution in [3.8, 4) is 0 Å². The molecule has 4 heteroatoms. The molecule has 0 saturated heterocycles. The number of hydrogen-bond donors (Lipinski definition) is 0. The molecule has 0 heterocycles. The van der Waals surface area contributed by atoms with Crippen molar-refractivity contribution in [2.24, 2.45) is 5.92 Å². The summed E-state index contributed by atoms with van der Waals surface area (Å²) in [7, 11) is 0. The fourth-order valence-corrected chi connectivity index (χ4v) is 3.02. The molecule has 1 rings (SSSR count). The summed E-state index contributed by atoms with van der Waals surface area (Å²) in [5, 5.41) is 0. The van der Waals surface area contributed by atoms with Crippen molar-refractivity contribution in [2.75, 3.05) is 0 Å². The molecule has 1 unspecified atom stereocenters. The van der Waals surface area contributed by atoms with E-state index in [0.717, 1.165) is 19.1 Å². The van der Waals surface area contributed by atoms with Crippen LogP contribution in [0.4, 0.5) is 4.79 Å². The van der Waals surface area contributed by atoms with Gasteiger partial charge < -0.3 is 14.4 Å². The predicted octanol–water partition coefficient (Wildman–Crippen LogP) is 3.78. The summed E-state index contributed by atoms with van der Waals surface area (Å²) < 4.78 is 5.52. The predicted molar refractivity (Wildman–Crippen MR) is 79.6 cm³/mol. The van der Waals surface area contributed by atoms with Gasteiger partial charge in [-0.3, -0.25) is 0 Å². The van der Waals surface area contributed by atoms with Gasteiger partial charge in [0.15, 0.2) is 0 Å². The number of aldehydes is 1. The van der Waals surface area contributed by atoms with Crippen LogP contribution < -0.4 is 0 Å². The van der Waals surface area contributed by atoms with Gasteiger partial charge in [-0.25, -0.2) is 4.79 Å². The Morgan fingerprint density at radius 1 is 1.30 bits per heavy atom. The molecule has 1 aliphatic rings. The third kappa shape index (κ3) is 4.80. The maximum absolute atomic E-state index is 12.5. The number of amides is 1. The molecule has 1 atom stereocenters. The highest BCUT2D eigenvalue weighted by Crippen LogP contribution is 2.33. The Bertz CT molecular complexity index is 327. The zero-order valence-electron chi connectivity index (χ0n) is 13.5. The molecule has 4 nitrogen and oxygen atoms in total. The second kappa shape index (κ2) is 7.09. The number of carbonyl (C=O) groups excluding carboxylic acids is 2. The monoisotopic (exact) mass is 283 g/mol. The molecule has 116 valence electrons. The molecule has 0 radical (unpaired) electrons. The van der Waals surface area contributed by atoms with Gasteiger partial charge >= 0.3 is 6.09 Å². The molecule has 0 aromatic carbocycles. The molecule has 0 spiro atoms. The second-order valence-corrected chi connectivity index (χ2v) is 7.00. The van der Waals surface area contributed by atoms with Crippen LogP contribution >= 0.6 is 0 Å². The number of nitrogens with zero attached hydrogens (tertiary/aromatic N) is 1. The van der Waals surface area contributed by atoms with E-state index < -0.39 is 5.60 Å². The lowest BCUT2D eigenvalue weighted by Gasteiger charge is -2.38. The highest BCUT2D eigenvalue weighted by molar-refractivity contribution is 5.69. The molecule has 1 saturated carbocycles. The van der Waals surface area contributed by atoms with Crippen LogP contribution in [-0.2, 0) is 9.53 Å². The summed E-state index contributed by atoms with van der Waals surface area (Å²) in [4.78, 5) is 25.3. The van der Waals surface area contributed by atoms with E-state index in [1.54, 1.807) is 4.90 Å². The van der Waals surface area contributed by atoms with Gasteiger partial charge in [-0.15, -0.1) is 0 Å². The smallest absolute Gasteiger partial charge is 0.410 e. The Morgan fingerprint density at radius 3 is 2.25 bits per heavy atom. The average Bonchev–Trinajstić information content (AvgIpc) is 2.78.